The van der Waals surface area contributed by atoms with Crippen LogP contribution in [-0.4, -0.2) is 17.9 Å². The number of nitrogens with zero attached hydrogens (tertiary/aromatic N) is 1. The van der Waals surface area contributed by atoms with E-state index in [1.165, 1.54) is 0 Å². The molecule has 2 aromatic rings. The molecule has 4 nitrogen and oxygen atoms in total. The molecule has 0 amide bonds. The SMILES string of the molecule is CCOc1cccnc1Oc1ccc(C=O)cc1. The highest BCUT2D eigenvalue weighted by Crippen LogP contribution is 2.28. The third-order valence-corrected chi connectivity index (χ3v) is 2.27. The van der Waals surface area contributed by atoms with Gasteiger partial charge in [-0.3, -0.25) is 4.79 Å². The second-order valence-corrected chi connectivity index (χ2v) is 3.53. The molecule has 0 saturated heterocycles. The predicted octanol–water partition coefficient (Wildman–Crippen LogP) is 3.09. The van der Waals surface area contributed by atoms with Crippen LogP contribution in [0.4, 0.5) is 0 Å². The van der Waals surface area contributed by atoms with E-state index in [-0.39, 0.29) is 0 Å². The van der Waals surface area contributed by atoms with E-state index in [1.54, 1.807) is 42.6 Å². The molecule has 0 N–H and O–H groups in total. The van der Waals surface area contributed by atoms with E-state index in [0.717, 1.165) is 6.29 Å². The zero-order valence-electron chi connectivity index (χ0n) is 10.00. The zero-order chi connectivity index (χ0) is 12.8. The molecule has 0 atom stereocenters. The van der Waals surface area contributed by atoms with Gasteiger partial charge in [-0.25, -0.2) is 4.98 Å². The predicted molar refractivity (Wildman–Crippen MR) is 67.3 cm³/mol. The molecule has 0 saturated carbocycles. The lowest BCUT2D eigenvalue weighted by Gasteiger charge is -2.09. The van der Waals surface area contributed by atoms with Crippen molar-refractivity contribution in [2.75, 3.05) is 6.61 Å². The Labute approximate surface area is 105 Å². The van der Waals surface area contributed by atoms with Gasteiger partial charge in [-0.05, 0) is 43.3 Å². The zero-order valence-corrected chi connectivity index (χ0v) is 10.00. The molecule has 4 heteroatoms. The van der Waals surface area contributed by atoms with E-state index in [0.29, 0.717) is 29.5 Å². The van der Waals surface area contributed by atoms with Crippen molar-refractivity contribution in [3.05, 3.63) is 48.2 Å². The van der Waals surface area contributed by atoms with Crippen LogP contribution in [0.1, 0.15) is 17.3 Å². The fourth-order valence-electron chi connectivity index (χ4n) is 1.44. The summed E-state index contributed by atoms with van der Waals surface area (Å²) in [5.41, 5.74) is 0.605. The molecule has 0 aliphatic heterocycles. The summed E-state index contributed by atoms with van der Waals surface area (Å²) in [5, 5.41) is 0. The number of carbonyl (C=O) groups excluding carboxylic acids is 1. The maximum Gasteiger partial charge on any atom is 0.262 e. The van der Waals surface area contributed by atoms with Crippen molar-refractivity contribution in [1.82, 2.24) is 4.98 Å². The summed E-state index contributed by atoms with van der Waals surface area (Å²) in [6, 6.07) is 10.4. The van der Waals surface area contributed by atoms with Gasteiger partial charge in [0, 0.05) is 11.8 Å². The highest BCUT2D eigenvalue weighted by atomic mass is 16.5. The largest absolute Gasteiger partial charge is 0.488 e. The Bertz CT molecular complexity index is 523. The van der Waals surface area contributed by atoms with Crippen molar-refractivity contribution in [2.45, 2.75) is 6.92 Å². The molecular formula is C14H13NO3. The van der Waals surface area contributed by atoms with Crippen molar-refractivity contribution < 1.29 is 14.3 Å². The van der Waals surface area contributed by atoms with Crippen LogP contribution in [0.3, 0.4) is 0 Å². The Morgan fingerprint density at radius 3 is 2.67 bits per heavy atom. The minimum atomic E-state index is 0.415. The van der Waals surface area contributed by atoms with Crippen LogP contribution in [0, 0.1) is 0 Å². The second kappa shape index (κ2) is 5.82. The van der Waals surface area contributed by atoms with E-state index in [1.807, 2.05) is 6.92 Å². The van der Waals surface area contributed by atoms with Crippen molar-refractivity contribution in [1.29, 1.82) is 0 Å². The Morgan fingerprint density at radius 2 is 2.00 bits per heavy atom. The van der Waals surface area contributed by atoms with Gasteiger partial charge in [0.1, 0.15) is 12.0 Å². The molecule has 0 bridgehead atoms. The number of hydrogen-bond donors (Lipinski definition) is 0. The van der Waals surface area contributed by atoms with Gasteiger partial charge in [-0.2, -0.15) is 0 Å². The molecule has 0 aliphatic carbocycles. The topological polar surface area (TPSA) is 48.4 Å². The van der Waals surface area contributed by atoms with Gasteiger partial charge < -0.3 is 9.47 Å². The lowest BCUT2D eigenvalue weighted by Crippen LogP contribution is -1.96. The van der Waals surface area contributed by atoms with E-state index < -0.39 is 0 Å². The maximum absolute atomic E-state index is 10.5. The lowest BCUT2D eigenvalue weighted by molar-refractivity contribution is 0.112. The summed E-state index contributed by atoms with van der Waals surface area (Å²) in [5.74, 6) is 1.62. The van der Waals surface area contributed by atoms with Crippen LogP contribution in [0.5, 0.6) is 17.4 Å². The number of hydrogen-bond acceptors (Lipinski definition) is 4. The third-order valence-electron chi connectivity index (χ3n) is 2.27. The summed E-state index contributed by atoms with van der Waals surface area (Å²) < 4.78 is 11.0. The fraction of sp³-hybridized carbons (Fsp3) is 0.143. The number of ether oxygens (including phenoxy) is 2. The van der Waals surface area contributed by atoms with Crippen LogP contribution in [0.25, 0.3) is 0 Å². The van der Waals surface area contributed by atoms with Gasteiger partial charge in [-0.15, -0.1) is 0 Å². The van der Waals surface area contributed by atoms with Crippen LogP contribution >= 0.6 is 0 Å². The highest BCUT2D eigenvalue weighted by Gasteiger charge is 2.06. The summed E-state index contributed by atoms with van der Waals surface area (Å²) in [4.78, 5) is 14.7. The first kappa shape index (κ1) is 12.1. The van der Waals surface area contributed by atoms with Crippen LogP contribution in [0.15, 0.2) is 42.6 Å². The van der Waals surface area contributed by atoms with Gasteiger partial charge in [0.2, 0.25) is 0 Å². The average Bonchev–Trinajstić information content (AvgIpc) is 2.42. The van der Waals surface area contributed by atoms with E-state index in [4.69, 9.17) is 9.47 Å². The summed E-state index contributed by atoms with van der Waals surface area (Å²) in [6.45, 7) is 2.45. The van der Waals surface area contributed by atoms with E-state index >= 15 is 0 Å². The molecular weight excluding hydrogens is 230 g/mol. The molecule has 0 spiro atoms. The number of pyridine rings is 1. The molecule has 1 aromatic heterocycles. The monoisotopic (exact) mass is 243 g/mol. The van der Waals surface area contributed by atoms with Crippen LogP contribution in [-0.2, 0) is 0 Å². The van der Waals surface area contributed by atoms with E-state index in [2.05, 4.69) is 4.98 Å². The van der Waals surface area contributed by atoms with Crippen molar-refractivity contribution in [3.63, 3.8) is 0 Å². The number of rotatable bonds is 5. The third kappa shape index (κ3) is 2.85. The van der Waals surface area contributed by atoms with Crippen molar-refractivity contribution in [2.24, 2.45) is 0 Å². The number of carbonyl (C=O) groups is 1. The molecule has 1 aromatic carbocycles. The molecule has 1 heterocycles. The second-order valence-electron chi connectivity index (χ2n) is 3.53. The molecule has 0 aliphatic rings. The number of benzene rings is 1. The summed E-state index contributed by atoms with van der Waals surface area (Å²) in [7, 11) is 0. The Morgan fingerprint density at radius 1 is 1.22 bits per heavy atom. The minimum Gasteiger partial charge on any atom is -0.488 e. The lowest BCUT2D eigenvalue weighted by atomic mass is 10.2. The smallest absolute Gasteiger partial charge is 0.262 e. The molecule has 2 rings (SSSR count). The highest BCUT2D eigenvalue weighted by molar-refractivity contribution is 5.74. The Balaban J connectivity index is 2.19. The number of aromatic nitrogens is 1. The van der Waals surface area contributed by atoms with Gasteiger partial charge >= 0.3 is 0 Å². The normalized spacial score (nSPS) is 9.83. The van der Waals surface area contributed by atoms with Gasteiger partial charge in [-0.1, -0.05) is 0 Å². The summed E-state index contributed by atoms with van der Waals surface area (Å²) in [6.07, 6.45) is 2.42. The molecule has 0 radical (unpaired) electrons. The molecule has 92 valence electrons. The Hall–Kier alpha value is -2.36. The van der Waals surface area contributed by atoms with E-state index in [9.17, 15) is 4.79 Å². The van der Waals surface area contributed by atoms with Gasteiger partial charge in [0.25, 0.3) is 5.88 Å². The van der Waals surface area contributed by atoms with Gasteiger partial charge in [0.05, 0.1) is 6.61 Å². The van der Waals surface area contributed by atoms with Crippen LogP contribution in [0.2, 0.25) is 0 Å². The molecule has 18 heavy (non-hydrogen) atoms. The number of aldehydes is 1. The van der Waals surface area contributed by atoms with Crippen molar-refractivity contribution >= 4 is 6.29 Å². The van der Waals surface area contributed by atoms with Crippen LogP contribution < -0.4 is 9.47 Å². The first-order chi connectivity index (χ1) is 8.83. The molecule has 0 unspecified atom stereocenters. The molecule has 0 fully saturated rings. The average molecular weight is 243 g/mol. The first-order valence-electron chi connectivity index (χ1n) is 5.64. The minimum absolute atomic E-state index is 0.415. The van der Waals surface area contributed by atoms with Gasteiger partial charge in [0.15, 0.2) is 5.75 Å². The quantitative estimate of drug-likeness (QED) is 0.757. The Kier molecular flexibility index (Phi) is 3.91. The van der Waals surface area contributed by atoms with Crippen molar-refractivity contribution in [3.8, 4) is 17.4 Å². The first-order valence-corrected chi connectivity index (χ1v) is 5.64. The summed E-state index contributed by atoms with van der Waals surface area (Å²) >= 11 is 0. The standard InChI is InChI=1S/C14H13NO3/c1-2-17-13-4-3-9-15-14(13)18-12-7-5-11(10-16)6-8-12/h3-10H,2H2,1H3. The maximum atomic E-state index is 10.5. The fourth-order valence-corrected chi connectivity index (χ4v) is 1.44.